The van der Waals surface area contributed by atoms with Gasteiger partial charge in [0.15, 0.2) is 11.5 Å². The Hall–Kier alpha value is -3.89. The fraction of sp³-hybridized carbons (Fsp3) is 0.238. The van der Waals surface area contributed by atoms with Gasteiger partial charge in [0, 0.05) is 30.2 Å². The second-order valence-corrected chi connectivity index (χ2v) is 7.23. The monoisotopic (exact) mass is 441 g/mol. The Balaban J connectivity index is 1.70. The molecule has 0 radical (unpaired) electrons. The lowest BCUT2D eigenvalue weighted by molar-refractivity contribution is -0.141. The predicted octanol–water partition coefficient (Wildman–Crippen LogP) is 4.81. The molecular weight excluding hydrogens is 423 g/mol. The van der Waals surface area contributed by atoms with Gasteiger partial charge in [-0.1, -0.05) is 25.1 Å². The SMILES string of the molecule is CC(C)C(Nc1cc(C(F)(F)F)nc(-c2ccccn2)n1)c1nc(-c2ccncc2)no1. The molecule has 4 heterocycles. The van der Waals surface area contributed by atoms with Gasteiger partial charge in [-0.15, -0.1) is 0 Å². The number of hydrogen-bond acceptors (Lipinski definition) is 8. The van der Waals surface area contributed by atoms with Crippen molar-refractivity contribution in [3.05, 3.63) is 66.6 Å². The number of nitrogens with zero attached hydrogens (tertiary/aromatic N) is 6. The van der Waals surface area contributed by atoms with Crippen LogP contribution in [0.2, 0.25) is 0 Å². The van der Waals surface area contributed by atoms with E-state index in [9.17, 15) is 13.2 Å². The first kappa shape index (κ1) is 21.3. The first-order valence-electron chi connectivity index (χ1n) is 9.69. The van der Waals surface area contributed by atoms with Gasteiger partial charge in [-0.25, -0.2) is 9.97 Å². The van der Waals surface area contributed by atoms with E-state index in [4.69, 9.17) is 4.52 Å². The van der Waals surface area contributed by atoms with Gasteiger partial charge in [-0.2, -0.15) is 18.2 Å². The van der Waals surface area contributed by atoms with Crippen LogP contribution in [0, 0.1) is 5.92 Å². The normalized spacial score (nSPS) is 12.7. The molecule has 1 N–H and O–H groups in total. The first-order valence-corrected chi connectivity index (χ1v) is 9.69. The smallest absolute Gasteiger partial charge is 0.358 e. The minimum absolute atomic E-state index is 0.0321. The largest absolute Gasteiger partial charge is 0.433 e. The summed E-state index contributed by atoms with van der Waals surface area (Å²) in [6.07, 6.45) is 0.00175. The summed E-state index contributed by atoms with van der Waals surface area (Å²) in [4.78, 5) is 20.3. The third-order valence-electron chi connectivity index (χ3n) is 4.53. The predicted molar refractivity (Wildman–Crippen MR) is 109 cm³/mol. The molecule has 0 saturated carbocycles. The second kappa shape index (κ2) is 8.69. The first-order chi connectivity index (χ1) is 15.3. The van der Waals surface area contributed by atoms with Crippen molar-refractivity contribution in [1.82, 2.24) is 30.1 Å². The van der Waals surface area contributed by atoms with Crippen LogP contribution in [0.5, 0.6) is 0 Å². The number of anilines is 1. The fourth-order valence-corrected chi connectivity index (χ4v) is 2.93. The Labute approximate surface area is 181 Å². The molecule has 4 rings (SSSR count). The van der Waals surface area contributed by atoms with Gasteiger partial charge >= 0.3 is 6.18 Å². The van der Waals surface area contributed by atoms with Crippen LogP contribution in [-0.4, -0.2) is 30.1 Å². The lowest BCUT2D eigenvalue weighted by Gasteiger charge is -2.20. The van der Waals surface area contributed by atoms with Gasteiger partial charge < -0.3 is 9.84 Å². The molecule has 0 amide bonds. The standard InChI is InChI=1S/C21H18F3N7O/c1-12(2)17(20-30-18(31-32-20)13-6-9-25-10-7-13)28-16-11-15(21(22,23)24)27-19(29-16)14-5-3-4-8-26-14/h3-12,17H,1-2H3,(H,27,28,29). The molecule has 0 fully saturated rings. The van der Waals surface area contributed by atoms with E-state index in [1.807, 2.05) is 13.8 Å². The Morgan fingerprint density at radius 1 is 0.938 bits per heavy atom. The highest BCUT2D eigenvalue weighted by Gasteiger charge is 2.34. The van der Waals surface area contributed by atoms with Crippen molar-refractivity contribution < 1.29 is 17.7 Å². The van der Waals surface area contributed by atoms with E-state index in [0.717, 1.165) is 6.07 Å². The zero-order valence-electron chi connectivity index (χ0n) is 17.1. The molecule has 1 unspecified atom stereocenters. The number of nitrogens with one attached hydrogen (secondary N) is 1. The van der Waals surface area contributed by atoms with Crippen molar-refractivity contribution in [3.8, 4) is 22.9 Å². The van der Waals surface area contributed by atoms with Crippen LogP contribution in [0.4, 0.5) is 19.0 Å². The summed E-state index contributed by atoms with van der Waals surface area (Å²) in [7, 11) is 0. The number of pyridine rings is 2. The number of alkyl halides is 3. The molecule has 164 valence electrons. The summed E-state index contributed by atoms with van der Waals surface area (Å²) in [5.74, 6) is 0.285. The van der Waals surface area contributed by atoms with Crippen molar-refractivity contribution in [1.29, 1.82) is 0 Å². The highest BCUT2D eigenvalue weighted by molar-refractivity contribution is 5.54. The molecule has 0 bridgehead atoms. The maximum absolute atomic E-state index is 13.5. The van der Waals surface area contributed by atoms with Gasteiger partial charge in [0.2, 0.25) is 11.7 Å². The summed E-state index contributed by atoms with van der Waals surface area (Å²) in [5, 5.41) is 6.97. The quantitative estimate of drug-likeness (QED) is 0.455. The third-order valence-corrected chi connectivity index (χ3v) is 4.53. The number of rotatable bonds is 6. The van der Waals surface area contributed by atoms with E-state index in [0.29, 0.717) is 11.4 Å². The molecule has 1 atom stereocenters. The van der Waals surface area contributed by atoms with E-state index >= 15 is 0 Å². The molecule has 0 aliphatic carbocycles. The van der Waals surface area contributed by atoms with Crippen molar-refractivity contribution in [3.63, 3.8) is 0 Å². The zero-order chi connectivity index (χ0) is 22.7. The zero-order valence-corrected chi connectivity index (χ0v) is 17.1. The van der Waals surface area contributed by atoms with Crippen LogP contribution in [0.1, 0.15) is 31.5 Å². The Morgan fingerprint density at radius 3 is 2.38 bits per heavy atom. The molecule has 0 aliphatic rings. The van der Waals surface area contributed by atoms with Crippen LogP contribution in [0.3, 0.4) is 0 Å². The lowest BCUT2D eigenvalue weighted by atomic mass is 10.0. The minimum Gasteiger partial charge on any atom is -0.358 e. The van der Waals surface area contributed by atoms with Gasteiger partial charge in [-0.05, 0) is 30.2 Å². The average Bonchev–Trinajstić information content (AvgIpc) is 3.27. The third kappa shape index (κ3) is 4.71. The lowest BCUT2D eigenvalue weighted by Crippen LogP contribution is -2.19. The summed E-state index contributed by atoms with van der Waals surface area (Å²) in [6, 6.07) is 8.55. The van der Waals surface area contributed by atoms with E-state index in [-0.39, 0.29) is 29.1 Å². The van der Waals surface area contributed by atoms with Crippen LogP contribution in [-0.2, 0) is 6.18 Å². The van der Waals surface area contributed by atoms with Crippen molar-refractivity contribution in [2.75, 3.05) is 5.32 Å². The van der Waals surface area contributed by atoms with Gasteiger partial charge in [0.25, 0.3) is 0 Å². The van der Waals surface area contributed by atoms with Crippen molar-refractivity contribution in [2.24, 2.45) is 5.92 Å². The van der Waals surface area contributed by atoms with E-state index in [1.165, 1.54) is 12.3 Å². The van der Waals surface area contributed by atoms with Crippen LogP contribution >= 0.6 is 0 Å². The average molecular weight is 441 g/mol. The molecule has 8 nitrogen and oxygen atoms in total. The molecule has 0 aliphatic heterocycles. The Morgan fingerprint density at radius 2 is 1.72 bits per heavy atom. The molecule has 0 aromatic carbocycles. The molecule has 4 aromatic heterocycles. The van der Waals surface area contributed by atoms with Gasteiger partial charge in [0.05, 0.1) is 0 Å². The maximum Gasteiger partial charge on any atom is 0.433 e. The second-order valence-electron chi connectivity index (χ2n) is 7.23. The summed E-state index contributed by atoms with van der Waals surface area (Å²) >= 11 is 0. The van der Waals surface area contributed by atoms with Crippen LogP contribution < -0.4 is 5.32 Å². The van der Waals surface area contributed by atoms with Crippen molar-refractivity contribution >= 4 is 5.82 Å². The number of aromatic nitrogens is 6. The van der Waals surface area contributed by atoms with Crippen molar-refractivity contribution in [2.45, 2.75) is 26.1 Å². The topological polar surface area (TPSA) is 103 Å². The van der Waals surface area contributed by atoms with E-state index in [2.05, 4.69) is 35.4 Å². The molecule has 11 heteroatoms. The van der Waals surface area contributed by atoms with Gasteiger partial charge in [-0.3, -0.25) is 9.97 Å². The summed E-state index contributed by atoms with van der Waals surface area (Å²) in [5.41, 5.74) is -0.155. The van der Waals surface area contributed by atoms with E-state index < -0.39 is 17.9 Å². The minimum atomic E-state index is -4.66. The molecule has 32 heavy (non-hydrogen) atoms. The molecular formula is C21H18F3N7O. The van der Waals surface area contributed by atoms with Gasteiger partial charge in [0.1, 0.15) is 17.6 Å². The highest BCUT2D eigenvalue weighted by atomic mass is 19.4. The number of hydrogen-bond donors (Lipinski definition) is 1. The number of halogens is 3. The van der Waals surface area contributed by atoms with Crippen LogP contribution in [0.15, 0.2) is 59.5 Å². The Kier molecular flexibility index (Phi) is 5.80. The van der Waals surface area contributed by atoms with Crippen LogP contribution in [0.25, 0.3) is 22.9 Å². The molecule has 0 saturated heterocycles. The molecule has 0 spiro atoms. The Bertz CT molecular complexity index is 1180. The van der Waals surface area contributed by atoms with E-state index in [1.54, 1.807) is 36.7 Å². The summed E-state index contributed by atoms with van der Waals surface area (Å²) in [6.45, 7) is 3.75. The molecule has 4 aromatic rings. The summed E-state index contributed by atoms with van der Waals surface area (Å²) < 4.78 is 45.9. The highest BCUT2D eigenvalue weighted by Crippen LogP contribution is 2.32. The maximum atomic E-state index is 13.5. The fourth-order valence-electron chi connectivity index (χ4n) is 2.93.